The first-order valence-corrected chi connectivity index (χ1v) is 17.7. The van der Waals surface area contributed by atoms with Crippen LogP contribution in [0.5, 0.6) is 23.5 Å². The summed E-state index contributed by atoms with van der Waals surface area (Å²) in [5.41, 5.74) is 1.70. The van der Waals surface area contributed by atoms with Crippen LogP contribution in [0, 0.1) is 23.3 Å². The van der Waals surface area contributed by atoms with E-state index in [0.717, 1.165) is 24.3 Å². The minimum Gasteiger partial charge on any atom is -0.421 e. The fourth-order valence-electron chi connectivity index (χ4n) is 5.83. The number of nitrogens with zero attached hydrogens (tertiary/aromatic N) is 7. The standard InChI is InChI=1S/C38H25Cl2F4N11O3/c1-55(2)36(56)35(45-31-27-29(19-7-3-5-9-21(19)39)51-53-33(27)49-37(47-31)57-25-13-11-17(41)15-23(25)43)46-32-28-30(20-8-4-6-10-22(20)40)52-54-34(28)50-38(48-32)58-26-14-12-18(42)16-24(26)44/h3-16,35H,1-2H3,(H2,45,47,49,51,53)(H2,46,48,50,52,54). The van der Waals surface area contributed by atoms with Crippen LogP contribution in [-0.2, 0) is 4.79 Å². The first kappa shape index (κ1) is 37.9. The number of hydrogen-bond acceptors (Lipinski definition) is 11. The second-order valence-electron chi connectivity index (χ2n) is 12.6. The average Bonchev–Trinajstić information content (AvgIpc) is 3.82. The molecular formula is C38H25Cl2F4N11O3. The third-order valence-electron chi connectivity index (χ3n) is 8.51. The number of benzene rings is 4. The van der Waals surface area contributed by atoms with Crippen molar-refractivity contribution in [3.05, 3.63) is 118 Å². The number of carbonyl (C=O) groups excluding carboxylic acids is 1. The highest BCUT2D eigenvalue weighted by Gasteiger charge is 2.29. The quantitative estimate of drug-likeness (QED) is 0.0726. The highest BCUT2D eigenvalue weighted by atomic mass is 35.5. The molecule has 0 radical (unpaired) electrons. The summed E-state index contributed by atoms with van der Waals surface area (Å²) < 4.78 is 68.3. The van der Waals surface area contributed by atoms with Gasteiger partial charge < -0.3 is 25.0 Å². The number of aromatic amines is 2. The van der Waals surface area contributed by atoms with Crippen LogP contribution in [-0.4, -0.2) is 71.4 Å². The second kappa shape index (κ2) is 15.5. The van der Waals surface area contributed by atoms with Crippen LogP contribution >= 0.6 is 23.2 Å². The maximum Gasteiger partial charge on any atom is 0.326 e. The van der Waals surface area contributed by atoms with Gasteiger partial charge in [-0.2, -0.15) is 30.1 Å². The van der Waals surface area contributed by atoms with E-state index < -0.39 is 58.9 Å². The van der Waals surface area contributed by atoms with Gasteiger partial charge in [-0.1, -0.05) is 59.6 Å². The van der Waals surface area contributed by atoms with Crippen molar-refractivity contribution in [1.29, 1.82) is 0 Å². The van der Waals surface area contributed by atoms with E-state index in [4.69, 9.17) is 32.7 Å². The number of amides is 1. The molecule has 292 valence electrons. The van der Waals surface area contributed by atoms with Gasteiger partial charge in [0.05, 0.1) is 22.2 Å². The molecule has 8 aromatic rings. The molecule has 0 bridgehead atoms. The molecule has 1 amide bonds. The molecule has 4 N–H and O–H groups in total. The third kappa shape index (κ3) is 7.45. The third-order valence-corrected chi connectivity index (χ3v) is 9.17. The molecule has 0 saturated heterocycles. The van der Waals surface area contributed by atoms with E-state index in [-0.39, 0.29) is 33.7 Å². The van der Waals surface area contributed by atoms with Gasteiger partial charge in [0.15, 0.2) is 40.6 Å². The zero-order valence-electron chi connectivity index (χ0n) is 29.8. The van der Waals surface area contributed by atoms with Crippen LogP contribution in [0.25, 0.3) is 44.6 Å². The Hall–Kier alpha value is -7.05. The molecule has 0 fully saturated rings. The van der Waals surface area contributed by atoms with Crippen molar-refractivity contribution in [3.63, 3.8) is 0 Å². The van der Waals surface area contributed by atoms with Gasteiger partial charge in [-0.15, -0.1) is 0 Å². The molecule has 4 heterocycles. The van der Waals surface area contributed by atoms with Gasteiger partial charge in [-0.25, -0.2) is 17.6 Å². The van der Waals surface area contributed by atoms with Gasteiger partial charge in [0.25, 0.3) is 5.91 Å². The Kier molecular flexibility index (Phi) is 10.1. The summed E-state index contributed by atoms with van der Waals surface area (Å²) in [5, 5.41) is 21.7. The monoisotopic (exact) mass is 829 g/mol. The van der Waals surface area contributed by atoms with Crippen molar-refractivity contribution in [3.8, 4) is 46.0 Å². The van der Waals surface area contributed by atoms with E-state index in [1.165, 1.54) is 19.0 Å². The van der Waals surface area contributed by atoms with Crippen molar-refractivity contribution in [2.24, 2.45) is 0 Å². The van der Waals surface area contributed by atoms with Crippen molar-refractivity contribution in [2.75, 3.05) is 24.7 Å². The fourth-order valence-corrected chi connectivity index (χ4v) is 6.29. The summed E-state index contributed by atoms with van der Waals surface area (Å²) in [4.78, 5) is 33.1. The second-order valence-corrected chi connectivity index (χ2v) is 13.4. The van der Waals surface area contributed by atoms with Crippen molar-refractivity contribution < 1.29 is 31.8 Å². The van der Waals surface area contributed by atoms with Gasteiger partial charge in [-0.3, -0.25) is 15.0 Å². The summed E-state index contributed by atoms with van der Waals surface area (Å²) in [6.07, 6.45) is -1.46. The van der Waals surface area contributed by atoms with Crippen LogP contribution in [0.15, 0.2) is 84.9 Å². The molecule has 4 aromatic heterocycles. The number of fused-ring (bicyclic) bond motifs is 2. The van der Waals surface area contributed by atoms with Crippen molar-refractivity contribution >= 4 is 62.8 Å². The Morgan fingerprint density at radius 3 is 1.48 bits per heavy atom. The topological polar surface area (TPSA) is 172 Å². The molecule has 0 aliphatic heterocycles. The van der Waals surface area contributed by atoms with Gasteiger partial charge in [0, 0.05) is 47.4 Å². The normalized spacial score (nSPS) is 11.3. The molecule has 0 atom stereocenters. The Bertz CT molecular complexity index is 2690. The fraction of sp³-hybridized carbons (Fsp3) is 0.0789. The van der Waals surface area contributed by atoms with Crippen molar-refractivity contribution in [1.82, 2.24) is 45.2 Å². The molecule has 8 rings (SSSR count). The number of nitrogens with one attached hydrogen (secondary N) is 4. The molecule has 0 spiro atoms. The lowest BCUT2D eigenvalue weighted by Crippen LogP contribution is -2.44. The Balaban J connectivity index is 1.28. The molecule has 0 aliphatic carbocycles. The largest absolute Gasteiger partial charge is 0.421 e. The smallest absolute Gasteiger partial charge is 0.326 e. The summed E-state index contributed by atoms with van der Waals surface area (Å²) in [6.45, 7) is 0. The number of halogens is 6. The Morgan fingerprint density at radius 1 is 0.655 bits per heavy atom. The first-order valence-electron chi connectivity index (χ1n) is 17.0. The number of ether oxygens (including phenoxy) is 2. The SMILES string of the molecule is CN(C)C(=O)C(Nc1nc(Oc2ccc(F)cc2F)nc2n[nH]c(-c3ccccc3Cl)c12)Nc1nc(Oc2ccc(F)cc2F)nc2n[nH]c(-c3ccccc3Cl)c12. The minimum absolute atomic E-state index is 0.0123. The van der Waals surface area contributed by atoms with Gasteiger partial charge >= 0.3 is 12.0 Å². The predicted molar refractivity (Wildman–Crippen MR) is 207 cm³/mol. The first-order chi connectivity index (χ1) is 27.9. The maximum atomic E-state index is 14.8. The van der Waals surface area contributed by atoms with E-state index >= 15 is 0 Å². The van der Waals surface area contributed by atoms with E-state index in [2.05, 4.69) is 51.0 Å². The predicted octanol–water partition coefficient (Wildman–Crippen LogP) is 8.74. The highest BCUT2D eigenvalue weighted by Crippen LogP contribution is 2.39. The number of aromatic nitrogens is 8. The summed E-state index contributed by atoms with van der Waals surface area (Å²) >= 11 is 13.2. The lowest BCUT2D eigenvalue weighted by atomic mass is 10.1. The molecule has 0 saturated carbocycles. The zero-order chi connectivity index (χ0) is 40.7. The number of H-pyrrole nitrogens is 2. The molecule has 4 aromatic carbocycles. The van der Waals surface area contributed by atoms with Gasteiger partial charge in [-0.05, 0) is 36.4 Å². The maximum absolute atomic E-state index is 14.8. The van der Waals surface area contributed by atoms with Crippen LogP contribution < -0.4 is 20.1 Å². The molecule has 0 unspecified atom stereocenters. The summed E-state index contributed by atoms with van der Waals surface area (Å²) in [6, 6.07) is 18.2. The molecular weight excluding hydrogens is 805 g/mol. The molecule has 0 aliphatic rings. The Labute approximate surface area is 334 Å². The van der Waals surface area contributed by atoms with Gasteiger partial charge in [0.1, 0.15) is 23.3 Å². The van der Waals surface area contributed by atoms with Crippen LogP contribution in [0.1, 0.15) is 0 Å². The van der Waals surface area contributed by atoms with Crippen LogP contribution in [0.4, 0.5) is 29.2 Å². The number of likely N-dealkylation sites (N-methyl/N-ethyl adjacent to an activating group) is 1. The highest BCUT2D eigenvalue weighted by molar-refractivity contribution is 6.34. The lowest BCUT2D eigenvalue weighted by molar-refractivity contribution is -0.128. The minimum atomic E-state index is -1.46. The number of rotatable bonds is 11. The van der Waals surface area contributed by atoms with E-state index in [9.17, 15) is 22.4 Å². The number of hydrogen-bond donors (Lipinski definition) is 4. The molecule has 14 nitrogen and oxygen atoms in total. The molecule has 58 heavy (non-hydrogen) atoms. The number of anilines is 2. The molecule has 20 heteroatoms. The van der Waals surface area contributed by atoms with E-state index in [1.54, 1.807) is 48.5 Å². The lowest BCUT2D eigenvalue weighted by Gasteiger charge is -2.24. The summed E-state index contributed by atoms with van der Waals surface area (Å²) in [7, 11) is 3.00. The van der Waals surface area contributed by atoms with Crippen LogP contribution in [0.2, 0.25) is 10.0 Å². The average molecular weight is 831 g/mol. The van der Waals surface area contributed by atoms with E-state index in [1.807, 2.05) is 0 Å². The zero-order valence-corrected chi connectivity index (χ0v) is 31.3. The van der Waals surface area contributed by atoms with E-state index in [0.29, 0.717) is 44.7 Å². The number of carbonyl (C=O) groups is 1. The van der Waals surface area contributed by atoms with Crippen molar-refractivity contribution in [2.45, 2.75) is 6.17 Å². The van der Waals surface area contributed by atoms with Gasteiger partial charge in [0.2, 0.25) is 0 Å². The summed E-state index contributed by atoms with van der Waals surface area (Å²) in [5.74, 6) is -5.21. The van der Waals surface area contributed by atoms with Crippen LogP contribution in [0.3, 0.4) is 0 Å². The Morgan fingerprint density at radius 2 is 1.09 bits per heavy atom.